The Morgan fingerprint density at radius 2 is 2.05 bits per heavy atom. The summed E-state index contributed by atoms with van der Waals surface area (Å²) in [6.07, 6.45) is 7.99. The van der Waals surface area contributed by atoms with Crippen LogP contribution in [0, 0.1) is 0 Å². The number of rotatable bonds is 5. The van der Waals surface area contributed by atoms with Crippen LogP contribution in [0.2, 0.25) is 0 Å². The van der Waals surface area contributed by atoms with E-state index in [1.807, 2.05) is 30.4 Å². The molecule has 0 saturated carbocycles. The van der Waals surface area contributed by atoms with Crippen LogP contribution in [0.15, 0.2) is 47.1 Å². The summed E-state index contributed by atoms with van der Waals surface area (Å²) in [6.45, 7) is 3.20. The highest BCUT2D eigenvalue weighted by Gasteiger charge is 2.07. The minimum atomic E-state index is 0.846. The van der Waals surface area contributed by atoms with E-state index in [4.69, 9.17) is 9.40 Å². The maximum Gasteiger partial charge on any atom is 0.133 e. The average Bonchev–Trinajstić information content (AvgIpc) is 3.10. The molecule has 0 radical (unpaired) electrons. The number of unbranched alkanes of at least 4 members (excludes halogenated alkanes) is 1. The van der Waals surface area contributed by atoms with Gasteiger partial charge in [-0.3, -0.25) is 0 Å². The van der Waals surface area contributed by atoms with Crippen molar-refractivity contribution in [3.8, 4) is 0 Å². The van der Waals surface area contributed by atoms with Gasteiger partial charge in [-0.1, -0.05) is 25.5 Å². The summed E-state index contributed by atoms with van der Waals surface area (Å²) in [6, 6.07) is 12.1. The third-order valence-electron chi connectivity index (χ3n) is 3.36. The molecule has 0 amide bonds. The smallest absolute Gasteiger partial charge is 0.133 e. The largest absolute Gasteiger partial charge is 0.465 e. The number of hydrogen-bond donors (Lipinski definition) is 0. The first-order valence-electron chi connectivity index (χ1n) is 7.05. The molecule has 0 aliphatic rings. The predicted octanol–water partition coefficient (Wildman–Crippen LogP) is 4.60. The van der Waals surface area contributed by atoms with E-state index in [1.54, 1.807) is 6.26 Å². The van der Waals surface area contributed by atoms with Crippen LogP contribution < -0.4 is 0 Å². The van der Waals surface area contributed by atoms with Crippen LogP contribution >= 0.6 is 0 Å². The molecule has 3 aromatic rings. The number of benzene rings is 1. The summed E-state index contributed by atoms with van der Waals surface area (Å²) in [5, 5.41) is 0. The third-order valence-corrected chi connectivity index (χ3v) is 3.36. The fraction of sp³-hybridized carbons (Fsp3) is 0.235. The Morgan fingerprint density at radius 3 is 2.85 bits per heavy atom. The molecule has 1 aromatic carbocycles. The molecular weight excluding hydrogens is 248 g/mol. The first-order valence-corrected chi connectivity index (χ1v) is 7.05. The lowest BCUT2D eigenvalue weighted by Gasteiger charge is -2.05. The van der Waals surface area contributed by atoms with Crippen molar-refractivity contribution in [2.45, 2.75) is 26.3 Å². The van der Waals surface area contributed by atoms with Crippen molar-refractivity contribution in [3.63, 3.8) is 0 Å². The van der Waals surface area contributed by atoms with E-state index in [2.05, 4.69) is 29.7 Å². The molecule has 0 N–H and O–H groups in total. The van der Waals surface area contributed by atoms with Crippen LogP contribution in [0.5, 0.6) is 0 Å². The van der Waals surface area contributed by atoms with E-state index in [1.165, 1.54) is 11.9 Å². The second kappa shape index (κ2) is 5.78. The van der Waals surface area contributed by atoms with Crippen LogP contribution in [0.1, 0.15) is 31.4 Å². The molecular formula is C17H18N2O. The van der Waals surface area contributed by atoms with Crippen molar-refractivity contribution in [2.24, 2.45) is 0 Å². The minimum Gasteiger partial charge on any atom is -0.465 e. The van der Waals surface area contributed by atoms with Crippen molar-refractivity contribution < 1.29 is 4.42 Å². The zero-order valence-electron chi connectivity index (χ0n) is 11.6. The normalized spacial score (nSPS) is 11.7. The van der Waals surface area contributed by atoms with Crippen molar-refractivity contribution in [3.05, 3.63) is 54.2 Å². The molecule has 0 aliphatic heterocycles. The van der Waals surface area contributed by atoms with Gasteiger partial charge in [0.25, 0.3) is 0 Å². The van der Waals surface area contributed by atoms with Gasteiger partial charge >= 0.3 is 0 Å². The van der Waals surface area contributed by atoms with Crippen LogP contribution in [0.3, 0.4) is 0 Å². The molecule has 0 bridgehead atoms. The standard InChI is InChI=1S/C17H18N2O/c1-2-3-12-19-16-9-5-4-8-15(16)18-17(19)11-10-14-7-6-13-20-14/h4-11,13H,2-3,12H2,1H3. The quantitative estimate of drug-likeness (QED) is 0.675. The molecule has 2 aromatic heterocycles. The first kappa shape index (κ1) is 12.7. The van der Waals surface area contributed by atoms with Gasteiger partial charge in [-0.05, 0) is 42.8 Å². The zero-order chi connectivity index (χ0) is 13.8. The second-order valence-corrected chi connectivity index (χ2v) is 4.81. The Kier molecular flexibility index (Phi) is 3.68. The Hall–Kier alpha value is -2.29. The van der Waals surface area contributed by atoms with Gasteiger partial charge in [0.1, 0.15) is 11.6 Å². The van der Waals surface area contributed by atoms with Crippen molar-refractivity contribution >= 4 is 23.2 Å². The van der Waals surface area contributed by atoms with E-state index < -0.39 is 0 Å². The van der Waals surface area contributed by atoms with Crippen molar-refractivity contribution in [1.29, 1.82) is 0 Å². The van der Waals surface area contributed by atoms with Gasteiger partial charge in [-0.2, -0.15) is 0 Å². The SMILES string of the molecule is CCCCn1c(C=Cc2ccco2)nc2ccccc21. The summed E-state index contributed by atoms with van der Waals surface area (Å²) in [4.78, 5) is 4.70. The zero-order valence-corrected chi connectivity index (χ0v) is 11.6. The number of fused-ring (bicyclic) bond motifs is 1. The van der Waals surface area contributed by atoms with Gasteiger partial charge in [-0.15, -0.1) is 0 Å². The predicted molar refractivity (Wildman–Crippen MR) is 82.3 cm³/mol. The Morgan fingerprint density at radius 1 is 1.15 bits per heavy atom. The number of aromatic nitrogens is 2. The Balaban J connectivity index is 2.00. The van der Waals surface area contributed by atoms with E-state index in [-0.39, 0.29) is 0 Å². The van der Waals surface area contributed by atoms with Crippen LogP contribution in [-0.4, -0.2) is 9.55 Å². The third kappa shape index (κ3) is 2.52. The van der Waals surface area contributed by atoms with Crippen molar-refractivity contribution in [2.75, 3.05) is 0 Å². The minimum absolute atomic E-state index is 0.846. The van der Waals surface area contributed by atoms with E-state index in [0.717, 1.165) is 30.1 Å². The number of para-hydroxylation sites is 2. The Bertz CT molecular complexity index is 708. The molecule has 3 heteroatoms. The second-order valence-electron chi connectivity index (χ2n) is 4.81. The average molecular weight is 266 g/mol. The molecule has 0 saturated heterocycles. The fourth-order valence-electron chi connectivity index (χ4n) is 2.32. The number of aryl methyl sites for hydroxylation is 1. The lowest BCUT2D eigenvalue weighted by atomic mass is 10.3. The van der Waals surface area contributed by atoms with Gasteiger partial charge < -0.3 is 8.98 Å². The molecule has 0 aliphatic carbocycles. The first-order chi connectivity index (χ1) is 9.88. The number of nitrogens with zero attached hydrogens (tertiary/aromatic N) is 2. The number of imidazole rings is 1. The molecule has 20 heavy (non-hydrogen) atoms. The van der Waals surface area contributed by atoms with E-state index >= 15 is 0 Å². The highest BCUT2D eigenvalue weighted by Crippen LogP contribution is 2.19. The number of hydrogen-bond acceptors (Lipinski definition) is 2. The summed E-state index contributed by atoms with van der Waals surface area (Å²) in [5.41, 5.74) is 2.24. The molecule has 0 spiro atoms. The summed E-state index contributed by atoms with van der Waals surface area (Å²) < 4.78 is 7.60. The maximum absolute atomic E-state index is 5.33. The fourth-order valence-corrected chi connectivity index (χ4v) is 2.32. The highest BCUT2D eigenvalue weighted by atomic mass is 16.3. The number of furan rings is 1. The van der Waals surface area contributed by atoms with Crippen LogP contribution in [0.4, 0.5) is 0 Å². The van der Waals surface area contributed by atoms with Gasteiger partial charge in [0, 0.05) is 6.54 Å². The molecule has 0 unspecified atom stereocenters. The van der Waals surface area contributed by atoms with Gasteiger partial charge in [0.05, 0.1) is 17.3 Å². The molecule has 3 nitrogen and oxygen atoms in total. The van der Waals surface area contributed by atoms with E-state index in [0.29, 0.717) is 0 Å². The van der Waals surface area contributed by atoms with Gasteiger partial charge in [0.15, 0.2) is 0 Å². The molecule has 0 atom stereocenters. The molecule has 2 heterocycles. The lowest BCUT2D eigenvalue weighted by Crippen LogP contribution is -2.00. The summed E-state index contributed by atoms with van der Waals surface area (Å²) in [7, 11) is 0. The highest BCUT2D eigenvalue weighted by molar-refractivity contribution is 5.79. The van der Waals surface area contributed by atoms with E-state index in [9.17, 15) is 0 Å². The van der Waals surface area contributed by atoms with Crippen LogP contribution in [-0.2, 0) is 6.54 Å². The lowest BCUT2D eigenvalue weighted by molar-refractivity contribution is 0.557. The van der Waals surface area contributed by atoms with Crippen molar-refractivity contribution in [1.82, 2.24) is 9.55 Å². The molecule has 0 fully saturated rings. The molecule has 102 valence electrons. The summed E-state index contributed by atoms with van der Waals surface area (Å²) >= 11 is 0. The van der Waals surface area contributed by atoms with Crippen LogP contribution in [0.25, 0.3) is 23.2 Å². The monoisotopic (exact) mass is 266 g/mol. The van der Waals surface area contributed by atoms with Gasteiger partial charge in [-0.25, -0.2) is 4.98 Å². The summed E-state index contributed by atoms with van der Waals surface area (Å²) in [5.74, 6) is 1.83. The molecule has 3 rings (SSSR count). The van der Waals surface area contributed by atoms with Gasteiger partial charge in [0.2, 0.25) is 0 Å². The Labute approximate surface area is 118 Å². The topological polar surface area (TPSA) is 31.0 Å². The maximum atomic E-state index is 5.33.